The van der Waals surface area contributed by atoms with Crippen molar-refractivity contribution in [2.45, 2.75) is 52.4 Å². The zero-order valence-corrected chi connectivity index (χ0v) is 13.3. The number of rotatable bonds is 6. The van der Waals surface area contributed by atoms with Gasteiger partial charge in [-0.05, 0) is 44.9 Å². The molecule has 116 valence electrons. The van der Waals surface area contributed by atoms with Crippen LogP contribution in [0.15, 0.2) is 24.3 Å². The van der Waals surface area contributed by atoms with E-state index < -0.39 is 0 Å². The number of amides is 1. The Morgan fingerprint density at radius 3 is 2.67 bits per heavy atom. The van der Waals surface area contributed by atoms with Crippen LogP contribution >= 0.6 is 0 Å². The summed E-state index contributed by atoms with van der Waals surface area (Å²) >= 11 is 0. The minimum Gasteiger partial charge on any atom is -0.487 e. The highest BCUT2D eigenvalue weighted by Gasteiger charge is 2.34. The van der Waals surface area contributed by atoms with Crippen LogP contribution in [0, 0.1) is 0 Å². The van der Waals surface area contributed by atoms with E-state index in [0.29, 0.717) is 13.1 Å². The van der Waals surface area contributed by atoms with Crippen LogP contribution in [0.25, 0.3) is 0 Å². The van der Waals surface area contributed by atoms with Crippen LogP contribution in [-0.4, -0.2) is 42.2 Å². The van der Waals surface area contributed by atoms with Gasteiger partial charge < -0.3 is 14.4 Å². The number of benzene rings is 1. The first kappa shape index (κ1) is 15.8. The first-order chi connectivity index (χ1) is 9.99. The Hall–Kier alpha value is -1.55. The maximum atomic E-state index is 12.1. The van der Waals surface area contributed by atoms with Crippen LogP contribution in [0.4, 0.5) is 0 Å². The van der Waals surface area contributed by atoms with Crippen LogP contribution < -0.4 is 4.74 Å². The summed E-state index contributed by atoms with van der Waals surface area (Å²) < 4.78 is 11.4. The van der Waals surface area contributed by atoms with E-state index in [1.807, 2.05) is 26.0 Å². The van der Waals surface area contributed by atoms with E-state index in [1.54, 1.807) is 11.8 Å². The Bertz CT molecular complexity index is 481. The Labute approximate surface area is 127 Å². The molecule has 0 spiro atoms. The number of hydrogen-bond acceptors (Lipinski definition) is 3. The molecule has 1 amide bonds. The van der Waals surface area contributed by atoms with E-state index in [9.17, 15) is 4.79 Å². The summed E-state index contributed by atoms with van der Waals surface area (Å²) in [6.07, 6.45) is 0.770. The van der Waals surface area contributed by atoms with Crippen molar-refractivity contribution in [3.63, 3.8) is 0 Å². The molecule has 0 radical (unpaired) electrons. The summed E-state index contributed by atoms with van der Waals surface area (Å²) in [5.41, 5.74) is 1.26. The number of carbonyl (C=O) groups is 1. The molecule has 0 N–H and O–H groups in total. The van der Waals surface area contributed by atoms with Gasteiger partial charge in [-0.1, -0.05) is 19.1 Å². The zero-order chi connectivity index (χ0) is 15.4. The van der Waals surface area contributed by atoms with Gasteiger partial charge in [-0.3, -0.25) is 4.79 Å². The molecule has 0 bridgehead atoms. The first-order valence-electron chi connectivity index (χ1n) is 7.69. The third-order valence-electron chi connectivity index (χ3n) is 3.59. The quantitative estimate of drug-likeness (QED) is 0.809. The second-order valence-electron chi connectivity index (χ2n) is 5.81. The van der Waals surface area contributed by atoms with Crippen LogP contribution in [-0.2, 0) is 16.0 Å². The predicted octanol–water partition coefficient (Wildman–Crippen LogP) is 2.65. The number of aryl methyl sites for hydroxylation is 1. The zero-order valence-electron chi connectivity index (χ0n) is 13.3. The molecule has 4 heteroatoms. The predicted molar refractivity (Wildman–Crippen MR) is 82.5 cm³/mol. The van der Waals surface area contributed by atoms with Gasteiger partial charge >= 0.3 is 0 Å². The Balaban J connectivity index is 1.79. The van der Waals surface area contributed by atoms with E-state index >= 15 is 0 Å². The van der Waals surface area contributed by atoms with Gasteiger partial charge in [0.25, 0.3) is 5.91 Å². The van der Waals surface area contributed by atoms with E-state index in [1.165, 1.54) is 5.56 Å². The lowest BCUT2D eigenvalue weighted by Crippen LogP contribution is -2.58. The summed E-state index contributed by atoms with van der Waals surface area (Å²) in [6, 6.07) is 8.13. The highest BCUT2D eigenvalue weighted by molar-refractivity contribution is 5.81. The highest BCUT2D eigenvalue weighted by atomic mass is 16.5. The number of hydrogen-bond donors (Lipinski definition) is 0. The van der Waals surface area contributed by atoms with Crippen molar-refractivity contribution in [3.05, 3.63) is 29.8 Å². The molecule has 0 unspecified atom stereocenters. The van der Waals surface area contributed by atoms with Crippen molar-refractivity contribution in [1.29, 1.82) is 0 Å². The van der Waals surface area contributed by atoms with Crippen LogP contribution in [0.3, 0.4) is 0 Å². The maximum Gasteiger partial charge on any atom is 0.251 e. The summed E-state index contributed by atoms with van der Waals surface area (Å²) in [6.45, 7) is 9.08. The van der Waals surface area contributed by atoms with E-state index in [0.717, 1.165) is 12.2 Å². The average molecular weight is 291 g/mol. The molecule has 1 aromatic rings. The van der Waals surface area contributed by atoms with Gasteiger partial charge in [0.05, 0.1) is 19.2 Å². The maximum absolute atomic E-state index is 12.1. The van der Waals surface area contributed by atoms with Crippen molar-refractivity contribution in [2.75, 3.05) is 13.1 Å². The number of nitrogens with zero attached hydrogens (tertiary/aromatic N) is 1. The molecule has 1 aromatic carbocycles. The number of carbonyl (C=O) groups excluding carboxylic acids is 1. The molecule has 2 rings (SSSR count). The summed E-state index contributed by atoms with van der Waals surface area (Å²) in [7, 11) is 0. The third kappa shape index (κ3) is 4.21. The standard InChI is InChI=1S/C17H25NO3/c1-5-14-7-6-8-15(9-14)21-16-10-18(11-16)17(19)13(4)20-12(2)3/h6-9,12-13,16H,5,10-11H2,1-4H3/t13-/m1/s1. The van der Waals surface area contributed by atoms with Gasteiger partial charge in [-0.2, -0.15) is 0 Å². The molecule has 1 fully saturated rings. The smallest absolute Gasteiger partial charge is 0.251 e. The lowest BCUT2D eigenvalue weighted by molar-refractivity contribution is -0.153. The molecule has 21 heavy (non-hydrogen) atoms. The molecule has 0 aliphatic carbocycles. The Kier molecular flexibility index (Phi) is 5.23. The molecule has 1 aliphatic heterocycles. The van der Waals surface area contributed by atoms with E-state index in [4.69, 9.17) is 9.47 Å². The van der Waals surface area contributed by atoms with Crippen molar-refractivity contribution < 1.29 is 14.3 Å². The molecule has 1 atom stereocenters. The third-order valence-corrected chi connectivity index (χ3v) is 3.59. The van der Waals surface area contributed by atoms with Crippen molar-refractivity contribution in [3.8, 4) is 5.75 Å². The van der Waals surface area contributed by atoms with Gasteiger partial charge in [0, 0.05) is 0 Å². The van der Waals surface area contributed by atoms with Gasteiger partial charge in [-0.15, -0.1) is 0 Å². The van der Waals surface area contributed by atoms with Gasteiger partial charge in [-0.25, -0.2) is 0 Å². The Morgan fingerprint density at radius 1 is 1.33 bits per heavy atom. The van der Waals surface area contributed by atoms with Gasteiger partial charge in [0.15, 0.2) is 0 Å². The van der Waals surface area contributed by atoms with E-state index in [2.05, 4.69) is 19.1 Å². The summed E-state index contributed by atoms with van der Waals surface area (Å²) in [4.78, 5) is 13.9. The lowest BCUT2D eigenvalue weighted by atomic mass is 10.1. The van der Waals surface area contributed by atoms with Crippen molar-refractivity contribution >= 4 is 5.91 Å². The monoisotopic (exact) mass is 291 g/mol. The minimum atomic E-state index is -0.380. The number of likely N-dealkylation sites (tertiary alicyclic amines) is 1. The molecule has 1 aliphatic rings. The average Bonchev–Trinajstić information content (AvgIpc) is 2.41. The molecule has 4 nitrogen and oxygen atoms in total. The SMILES string of the molecule is CCc1cccc(OC2CN(C(=O)[C@@H](C)OC(C)C)C2)c1. The highest BCUT2D eigenvalue weighted by Crippen LogP contribution is 2.20. The largest absolute Gasteiger partial charge is 0.487 e. The normalized spacial score (nSPS) is 16.7. The molecular weight excluding hydrogens is 266 g/mol. The fourth-order valence-corrected chi connectivity index (χ4v) is 2.45. The lowest BCUT2D eigenvalue weighted by Gasteiger charge is -2.40. The molecular formula is C17H25NO3. The number of ether oxygens (including phenoxy) is 2. The molecule has 0 aromatic heterocycles. The molecule has 1 heterocycles. The van der Waals surface area contributed by atoms with Gasteiger partial charge in [0.2, 0.25) is 0 Å². The summed E-state index contributed by atoms with van der Waals surface area (Å²) in [5.74, 6) is 0.934. The van der Waals surface area contributed by atoms with E-state index in [-0.39, 0.29) is 24.2 Å². The van der Waals surface area contributed by atoms with Crippen LogP contribution in [0.1, 0.15) is 33.3 Å². The molecule has 0 saturated carbocycles. The Morgan fingerprint density at radius 2 is 2.05 bits per heavy atom. The second kappa shape index (κ2) is 6.94. The van der Waals surface area contributed by atoms with Crippen molar-refractivity contribution in [1.82, 2.24) is 4.90 Å². The van der Waals surface area contributed by atoms with Crippen LogP contribution in [0.2, 0.25) is 0 Å². The summed E-state index contributed by atoms with van der Waals surface area (Å²) in [5, 5.41) is 0. The fourth-order valence-electron chi connectivity index (χ4n) is 2.45. The molecule has 1 saturated heterocycles. The second-order valence-corrected chi connectivity index (χ2v) is 5.81. The van der Waals surface area contributed by atoms with Crippen molar-refractivity contribution in [2.24, 2.45) is 0 Å². The van der Waals surface area contributed by atoms with Crippen LogP contribution in [0.5, 0.6) is 5.75 Å². The first-order valence-corrected chi connectivity index (χ1v) is 7.69. The topological polar surface area (TPSA) is 38.8 Å². The minimum absolute atomic E-state index is 0.0471. The fraction of sp³-hybridized carbons (Fsp3) is 0.588. The van der Waals surface area contributed by atoms with Gasteiger partial charge in [0.1, 0.15) is 18.0 Å².